The average Bonchev–Trinajstić information content (AvgIpc) is 2.93. The molecule has 0 spiro atoms. The molecular formula is C16H21ClF2N2O3S. The van der Waals surface area contributed by atoms with E-state index in [-0.39, 0.29) is 18.3 Å². The quantitative estimate of drug-likeness (QED) is 0.853. The van der Waals surface area contributed by atoms with E-state index >= 15 is 0 Å². The zero-order valence-corrected chi connectivity index (χ0v) is 15.2. The van der Waals surface area contributed by atoms with E-state index in [1.807, 2.05) is 0 Å². The number of hydrogen-bond acceptors (Lipinski definition) is 4. The molecule has 3 rings (SSSR count). The predicted molar refractivity (Wildman–Crippen MR) is 91.9 cm³/mol. The summed E-state index contributed by atoms with van der Waals surface area (Å²) in [5.41, 5.74) is 0.327. The Morgan fingerprint density at radius 1 is 1.08 bits per heavy atom. The van der Waals surface area contributed by atoms with E-state index in [1.165, 1.54) is 12.1 Å². The van der Waals surface area contributed by atoms with Gasteiger partial charge in [-0.1, -0.05) is 0 Å². The summed E-state index contributed by atoms with van der Waals surface area (Å²) >= 11 is 0. The van der Waals surface area contributed by atoms with Crippen molar-refractivity contribution in [2.24, 2.45) is 11.8 Å². The number of hydrogen-bond donors (Lipinski definition) is 1. The van der Waals surface area contributed by atoms with Gasteiger partial charge in [0.1, 0.15) is 0 Å². The highest BCUT2D eigenvalue weighted by molar-refractivity contribution is 7.91. The van der Waals surface area contributed by atoms with Crippen LogP contribution in [-0.4, -0.2) is 51.2 Å². The fraction of sp³-hybridized carbons (Fsp3) is 0.562. The van der Waals surface area contributed by atoms with Gasteiger partial charge in [-0.05, 0) is 62.0 Å². The Hall–Kier alpha value is -1.25. The Balaban J connectivity index is 0.00000225. The molecule has 0 bridgehead atoms. The van der Waals surface area contributed by atoms with Crippen molar-refractivity contribution in [3.8, 4) is 0 Å². The lowest BCUT2D eigenvalue weighted by Crippen LogP contribution is -2.32. The maximum atomic E-state index is 12.6. The van der Waals surface area contributed by atoms with Crippen LogP contribution in [0.25, 0.3) is 0 Å². The number of fused-ring (bicyclic) bond motifs is 1. The van der Waals surface area contributed by atoms with Gasteiger partial charge in [0.2, 0.25) is 9.84 Å². The molecule has 0 aliphatic carbocycles. The van der Waals surface area contributed by atoms with Crippen LogP contribution in [0.5, 0.6) is 0 Å². The van der Waals surface area contributed by atoms with Gasteiger partial charge >= 0.3 is 5.76 Å². The van der Waals surface area contributed by atoms with Gasteiger partial charge in [0.25, 0.3) is 5.91 Å². The molecule has 1 aromatic rings. The topological polar surface area (TPSA) is 66.5 Å². The van der Waals surface area contributed by atoms with E-state index in [1.54, 1.807) is 4.90 Å². The first kappa shape index (κ1) is 20.1. The van der Waals surface area contributed by atoms with E-state index in [2.05, 4.69) is 5.32 Å². The first-order valence-electron chi connectivity index (χ1n) is 8.01. The Bertz CT molecular complexity index is 699. The lowest BCUT2D eigenvalue weighted by Gasteiger charge is -2.21. The van der Waals surface area contributed by atoms with Crippen LogP contribution in [0.1, 0.15) is 23.2 Å². The summed E-state index contributed by atoms with van der Waals surface area (Å²) < 4.78 is 47.9. The number of likely N-dealkylation sites (tertiary alicyclic amines) is 1. The Morgan fingerprint density at radius 3 is 2.08 bits per heavy atom. The SMILES string of the molecule is Cl.O=C(c1ccc(S(=O)(=O)C(F)F)cc1)N1CC[C@@H]2CNC[C@@H]2CC1. The fourth-order valence-corrected chi connectivity index (χ4v) is 4.22. The summed E-state index contributed by atoms with van der Waals surface area (Å²) in [5.74, 6) is -2.44. The third-order valence-corrected chi connectivity index (χ3v) is 6.37. The molecule has 2 saturated heterocycles. The summed E-state index contributed by atoms with van der Waals surface area (Å²) in [7, 11) is -4.63. The van der Waals surface area contributed by atoms with Crippen molar-refractivity contribution < 1.29 is 22.0 Å². The Morgan fingerprint density at radius 2 is 1.60 bits per heavy atom. The molecule has 25 heavy (non-hydrogen) atoms. The van der Waals surface area contributed by atoms with Crippen LogP contribution in [0.2, 0.25) is 0 Å². The highest BCUT2D eigenvalue weighted by Gasteiger charge is 2.32. The molecule has 9 heteroatoms. The molecule has 2 atom stereocenters. The molecule has 0 aromatic heterocycles. The lowest BCUT2D eigenvalue weighted by molar-refractivity contribution is 0.0758. The van der Waals surface area contributed by atoms with Crippen LogP contribution in [-0.2, 0) is 9.84 Å². The van der Waals surface area contributed by atoms with Crippen molar-refractivity contribution in [3.05, 3.63) is 29.8 Å². The van der Waals surface area contributed by atoms with Crippen molar-refractivity contribution >= 4 is 28.2 Å². The highest BCUT2D eigenvalue weighted by atomic mass is 35.5. The number of carbonyl (C=O) groups is 1. The molecular weight excluding hydrogens is 374 g/mol. The van der Waals surface area contributed by atoms with E-state index in [0.29, 0.717) is 30.5 Å². The highest BCUT2D eigenvalue weighted by Crippen LogP contribution is 2.28. The van der Waals surface area contributed by atoms with E-state index in [4.69, 9.17) is 0 Å². The molecule has 5 nitrogen and oxygen atoms in total. The van der Waals surface area contributed by atoms with Gasteiger partial charge in [0.15, 0.2) is 0 Å². The van der Waals surface area contributed by atoms with Gasteiger partial charge < -0.3 is 10.2 Å². The van der Waals surface area contributed by atoms with Crippen molar-refractivity contribution in [2.75, 3.05) is 26.2 Å². The number of halogens is 3. The number of alkyl halides is 2. The largest absolute Gasteiger partial charge is 0.341 e. The molecule has 1 amide bonds. The molecule has 2 fully saturated rings. The maximum Gasteiger partial charge on any atom is 0.341 e. The Labute approximate surface area is 152 Å². The Kier molecular flexibility index (Phi) is 6.40. The average molecular weight is 395 g/mol. The van der Waals surface area contributed by atoms with Gasteiger partial charge in [-0.15, -0.1) is 12.4 Å². The number of rotatable bonds is 3. The minimum atomic E-state index is -4.63. The zero-order valence-electron chi connectivity index (χ0n) is 13.5. The second-order valence-electron chi connectivity index (χ2n) is 6.38. The third-order valence-electron chi connectivity index (χ3n) is 4.97. The van der Waals surface area contributed by atoms with Gasteiger partial charge in [0.05, 0.1) is 4.90 Å². The third kappa shape index (κ3) is 4.12. The molecule has 0 unspecified atom stereocenters. The summed E-state index contributed by atoms with van der Waals surface area (Å²) in [4.78, 5) is 13.9. The number of sulfone groups is 1. The summed E-state index contributed by atoms with van der Waals surface area (Å²) in [6.45, 7) is 3.32. The van der Waals surface area contributed by atoms with E-state index < -0.39 is 20.5 Å². The normalized spacial score (nSPS) is 23.7. The number of nitrogens with one attached hydrogen (secondary N) is 1. The first-order valence-corrected chi connectivity index (χ1v) is 9.56. The molecule has 0 saturated carbocycles. The van der Waals surface area contributed by atoms with Gasteiger partial charge in [-0.3, -0.25) is 4.79 Å². The van der Waals surface area contributed by atoms with Crippen molar-refractivity contribution in [3.63, 3.8) is 0 Å². The summed E-state index contributed by atoms with van der Waals surface area (Å²) in [6.07, 6.45) is 1.89. The number of amides is 1. The van der Waals surface area contributed by atoms with Gasteiger partial charge in [-0.2, -0.15) is 8.78 Å². The molecule has 1 N–H and O–H groups in total. The monoisotopic (exact) mass is 394 g/mol. The van der Waals surface area contributed by atoms with Gasteiger partial charge in [0, 0.05) is 18.7 Å². The number of nitrogens with zero attached hydrogens (tertiary/aromatic N) is 1. The summed E-state index contributed by atoms with van der Waals surface area (Å²) in [6, 6.07) is 4.77. The zero-order chi connectivity index (χ0) is 17.3. The smallest absolute Gasteiger partial charge is 0.339 e. The van der Waals surface area contributed by atoms with Crippen molar-refractivity contribution in [1.29, 1.82) is 0 Å². The van der Waals surface area contributed by atoms with Gasteiger partial charge in [-0.25, -0.2) is 8.42 Å². The summed E-state index contributed by atoms with van der Waals surface area (Å²) in [5, 5.41) is 3.38. The number of benzene rings is 1. The first-order chi connectivity index (χ1) is 11.4. The van der Waals surface area contributed by atoms with Crippen molar-refractivity contribution in [1.82, 2.24) is 10.2 Å². The molecule has 2 aliphatic heterocycles. The van der Waals surface area contributed by atoms with Crippen LogP contribution < -0.4 is 5.32 Å². The maximum absolute atomic E-state index is 12.6. The van der Waals surface area contributed by atoms with Crippen molar-refractivity contribution in [2.45, 2.75) is 23.5 Å². The standard InChI is InChI=1S/C16H20F2N2O3S.ClH/c17-16(18)24(22,23)14-3-1-11(2-4-14)15(21)20-7-5-12-9-19-10-13(12)6-8-20;/h1-4,12-13,16,19H,5-10H2;1H/t12-,13+;. The van der Waals surface area contributed by atoms with Crippen LogP contribution in [0, 0.1) is 11.8 Å². The molecule has 140 valence electrons. The minimum Gasteiger partial charge on any atom is -0.339 e. The van der Waals surface area contributed by atoms with E-state index in [0.717, 1.165) is 38.1 Å². The second kappa shape index (κ2) is 7.97. The fourth-order valence-electron chi connectivity index (χ4n) is 3.49. The molecule has 1 aromatic carbocycles. The van der Waals surface area contributed by atoms with Crippen LogP contribution in [0.3, 0.4) is 0 Å². The van der Waals surface area contributed by atoms with Crippen LogP contribution >= 0.6 is 12.4 Å². The van der Waals surface area contributed by atoms with Crippen LogP contribution in [0.4, 0.5) is 8.78 Å². The number of carbonyl (C=O) groups excluding carboxylic acids is 1. The van der Waals surface area contributed by atoms with Crippen LogP contribution in [0.15, 0.2) is 29.2 Å². The molecule has 0 radical (unpaired) electrons. The molecule has 2 aliphatic rings. The lowest BCUT2D eigenvalue weighted by atomic mass is 9.92. The minimum absolute atomic E-state index is 0. The molecule has 2 heterocycles. The predicted octanol–water partition coefficient (Wildman–Crippen LogP) is 2.18. The second-order valence-corrected chi connectivity index (χ2v) is 8.30. The van der Waals surface area contributed by atoms with E-state index in [9.17, 15) is 22.0 Å².